The minimum Gasteiger partial charge on any atom is -0.250 e. The van der Waals surface area contributed by atoms with Gasteiger partial charge in [-0.05, 0) is 31.2 Å². The van der Waals surface area contributed by atoms with E-state index in [4.69, 9.17) is 5.26 Å². The van der Waals surface area contributed by atoms with Gasteiger partial charge in [0.1, 0.15) is 0 Å². The molecule has 0 spiro atoms. The summed E-state index contributed by atoms with van der Waals surface area (Å²) in [6.45, 7) is 2.06. The lowest BCUT2D eigenvalue weighted by atomic mass is 10.2. The first-order valence-electron chi connectivity index (χ1n) is 5.42. The fraction of sp³-hybridized carbons (Fsp3) is 0.167. The standard InChI is InChI=1S/C12H11N3O2S2/c1-9-12(18-8-14-9)7-15-19(16,17)11-4-2-10(6-13)3-5-11/h2-5,8,15H,7H2,1H3. The SMILES string of the molecule is Cc1ncsc1CNS(=O)(=O)c1ccc(C#N)cc1. The maximum atomic E-state index is 12.0. The molecular weight excluding hydrogens is 282 g/mol. The van der Waals surface area contributed by atoms with Crippen LogP contribution in [0.25, 0.3) is 0 Å². The molecule has 7 heteroatoms. The van der Waals surface area contributed by atoms with Crippen LogP contribution in [-0.4, -0.2) is 13.4 Å². The number of aromatic nitrogens is 1. The quantitative estimate of drug-likeness (QED) is 0.931. The summed E-state index contributed by atoms with van der Waals surface area (Å²) in [5, 5.41) is 8.67. The Labute approximate surface area is 115 Å². The molecule has 0 radical (unpaired) electrons. The fourth-order valence-corrected chi connectivity index (χ4v) is 3.25. The molecule has 0 aliphatic heterocycles. The van der Waals surface area contributed by atoms with Crippen LogP contribution in [0.3, 0.4) is 0 Å². The molecule has 98 valence electrons. The molecule has 2 rings (SSSR count). The largest absolute Gasteiger partial charge is 0.250 e. The molecule has 0 aliphatic carbocycles. The van der Waals surface area contributed by atoms with Gasteiger partial charge in [-0.3, -0.25) is 0 Å². The minimum atomic E-state index is -3.56. The molecule has 1 heterocycles. The summed E-state index contributed by atoms with van der Waals surface area (Å²) >= 11 is 1.41. The highest BCUT2D eigenvalue weighted by Crippen LogP contribution is 2.14. The van der Waals surface area contributed by atoms with Gasteiger partial charge in [0.25, 0.3) is 0 Å². The number of benzene rings is 1. The zero-order chi connectivity index (χ0) is 13.9. The third-order valence-corrected chi connectivity index (χ3v) is 4.91. The summed E-state index contributed by atoms with van der Waals surface area (Å²) in [5.74, 6) is 0. The van der Waals surface area contributed by atoms with E-state index in [2.05, 4.69) is 9.71 Å². The van der Waals surface area contributed by atoms with Crippen LogP contribution in [0.15, 0.2) is 34.7 Å². The first-order chi connectivity index (χ1) is 9.03. The van der Waals surface area contributed by atoms with E-state index in [1.165, 1.54) is 35.6 Å². The van der Waals surface area contributed by atoms with Gasteiger partial charge < -0.3 is 0 Å². The van der Waals surface area contributed by atoms with Gasteiger partial charge >= 0.3 is 0 Å². The molecular formula is C12H11N3O2S2. The second-order valence-corrected chi connectivity index (χ2v) is 6.53. The molecule has 19 heavy (non-hydrogen) atoms. The van der Waals surface area contributed by atoms with Crippen molar-refractivity contribution < 1.29 is 8.42 Å². The highest BCUT2D eigenvalue weighted by Gasteiger charge is 2.14. The summed E-state index contributed by atoms with van der Waals surface area (Å²) in [4.78, 5) is 5.09. The van der Waals surface area contributed by atoms with Crippen LogP contribution in [0.5, 0.6) is 0 Å². The third kappa shape index (κ3) is 3.17. The Morgan fingerprint density at radius 1 is 1.37 bits per heavy atom. The number of thiazole rings is 1. The van der Waals surface area contributed by atoms with E-state index in [-0.39, 0.29) is 11.4 Å². The van der Waals surface area contributed by atoms with E-state index in [9.17, 15) is 8.42 Å². The highest BCUT2D eigenvalue weighted by atomic mass is 32.2. The topological polar surface area (TPSA) is 82.8 Å². The van der Waals surface area contributed by atoms with Gasteiger partial charge in [-0.1, -0.05) is 0 Å². The van der Waals surface area contributed by atoms with Crippen molar-refractivity contribution >= 4 is 21.4 Å². The maximum Gasteiger partial charge on any atom is 0.240 e. The monoisotopic (exact) mass is 293 g/mol. The Morgan fingerprint density at radius 3 is 2.58 bits per heavy atom. The normalized spacial score (nSPS) is 11.2. The van der Waals surface area contributed by atoms with Gasteiger partial charge in [0.05, 0.1) is 27.7 Å². The molecule has 5 nitrogen and oxygen atoms in total. The Kier molecular flexibility index (Phi) is 3.95. The Bertz CT molecular complexity index is 712. The van der Waals surface area contributed by atoms with Crippen molar-refractivity contribution in [3.05, 3.63) is 45.9 Å². The van der Waals surface area contributed by atoms with Crippen molar-refractivity contribution in [3.63, 3.8) is 0 Å². The van der Waals surface area contributed by atoms with Crippen LogP contribution >= 0.6 is 11.3 Å². The summed E-state index contributed by atoms with van der Waals surface area (Å²) in [7, 11) is -3.56. The van der Waals surface area contributed by atoms with Gasteiger partial charge in [0, 0.05) is 11.4 Å². The molecule has 0 saturated carbocycles. The molecule has 0 aliphatic rings. The summed E-state index contributed by atoms with van der Waals surface area (Å²) in [6, 6.07) is 7.74. The van der Waals surface area contributed by atoms with Crippen molar-refractivity contribution in [2.45, 2.75) is 18.4 Å². The summed E-state index contributed by atoms with van der Waals surface area (Å²) in [6.07, 6.45) is 0. The minimum absolute atomic E-state index is 0.147. The smallest absolute Gasteiger partial charge is 0.240 e. The molecule has 1 aromatic carbocycles. The van der Waals surface area contributed by atoms with E-state index in [1.807, 2.05) is 13.0 Å². The lowest BCUT2D eigenvalue weighted by Crippen LogP contribution is -2.23. The predicted molar refractivity (Wildman–Crippen MR) is 72.0 cm³/mol. The fourth-order valence-electron chi connectivity index (χ4n) is 1.45. The number of nitriles is 1. The zero-order valence-corrected chi connectivity index (χ0v) is 11.8. The summed E-state index contributed by atoms with van der Waals surface area (Å²) < 4.78 is 26.6. The molecule has 0 amide bonds. The average Bonchev–Trinajstić information content (AvgIpc) is 2.82. The molecule has 0 atom stereocenters. The van der Waals surface area contributed by atoms with Crippen LogP contribution in [0.1, 0.15) is 16.1 Å². The Hall–Kier alpha value is -1.75. The Morgan fingerprint density at radius 2 is 2.05 bits per heavy atom. The predicted octanol–water partition coefficient (Wildman–Crippen LogP) is 1.80. The molecule has 0 saturated heterocycles. The van der Waals surface area contributed by atoms with Crippen LogP contribution in [0.2, 0.25) is 0 Å². The average molecular weight is 293 g/mol. The number of hydrogen-bond donors (Lipinski definition) is 1. The van der Waals surface area contributed by atoms with Gasteiger partial charge in [0.15, 0.2) is 0 Å². The highest BCUT2D eigenvalue weighted by molar-refractivity contribution is 7.89. The van der Waals surface area contributed by atoms with Gasteiger partial charge in [-0.15, -0.1) is 11.3 Å². The number of sulfonamides is 1. The van der Waals surface area contributed by atoms with Crippen molar-refractivity contribution in [1.82, 2.24) is 9.71 Å². The lowest BCUT2D eigenvalue weighted by molar-refractivity contribution is 0.581. The first-order valence-corrected chi connectivity index (χ1v) is 7.78. The van der Waals surface area contributed by atoms with Crippen LogP contribution in [0, 0.1) is 18.3 Å². The van der Waals surface area contributed by atoms with Crippen molar-refractivity contribution in [1.29, 1.82) is 5.26 Å². The molecule has 2 aromatic rings. The van der Waals surface area contributed by atoms with E-state index >= 15 is 0 Å². The number of aryl methyl sites for hydroxylation is 1. The lowest BCUT2D eigenvalue weighted by Gasteiger charge is -2.06. The molecule has 0 fully saturated rings. The van der Waals surface area contributed by atoms with E-state index in [0.29, 0.717) is 5.56 Å². The van der Waals surface area contributed by atoms with Crippen molar-refractivity contribution in [2.24, 2.45) is 0 Å². The molecule has 1 N–H and O–H groups in total. The first kappa shape index (κ1) is 13.7. The molecule has 0 unspecified atom stereocenters. The summed E-state index contributed by atoms with van der Waals surface area (Å²) in [5.41, 5.74) is 2.94. The molecule has 0 bridgehead atoms. The van der Waals surface area contributed by atoms with Gasteiger partial charge in [-0.2, -0.15) is 5.26 Å². The van der Waals surface area contributed by atoms with Crippen LogP contribution < -0.4 is 4.72 Å². The third-order valence-electron chi connectivity index (χ3n) is 2.56. The van der Waals surface area contributed by atoms with Crippen LogP contribution in [-0.2, 0) is 16.6 Å². The molecule has 1 aromatic heterocycles. The number of hydrogen-bond acceptors (Lipinski definition) is 5. The number of rotatable bonds is 4. The maximum absolute atomic E-state index is 12.0. The number of nitrogens with zero attached hydrogens (tertiary/aromatic N) is 2. The van der Waals surface area contributed by atoms with Gasteiger partial charge in [0.2, 0.25) is 10.0 Å². The second kappa shape index (κ2) is 5.48. The van der Waals surface area contributed by atoms with E-state index in [1.54, 1.807) is 5.51 Å². The second-order valence-electron chi connectivity index (χ2n) is 3.82. The van der Waals surface area contributed by atoms with E-state index in [0.717, 1.165) is 10.6 Å². The van der Waals surface area contributed by atoms with E-state index < -0.39 is 10.0 Å². The van der Waals surface area contributed by atoms with Crippen LogP contribution in [0.4, 0.5) is 0 Å². The van der Waals surface area contributed by atoms with Gasteiger partial charge in [-0.25, -0.2) is 18.1 Å². The zero-order valence-electron chi connectivity index (χ0n) is 10.1. The number of nitrogens with one attached hydrogen (secondary N) is 1. The van der Waals surface area contributed by atoms with Crippen molar-refractivity contribution in [2.75, 3.05) is 0 Å². The van der Waals surface area contributed by atoms with Crippen molar-refractivity contribution in [3.8, 4) is 6.07 Å². The Balaban J connectivity index is 2.14.